The standard InChI is InChI=1S/C25H24N2O5S/c1-14-7-6-8-15(2)22(14)27-16(3)11-18(17(27)4)12-21-23(28)26(25(30)33-21)13-19-9-10-20(32-19)24(29)31-5/h6-12H,13H2,1-5H3/b21-12+. The molecule has 8 heteroatoms. The minimum Gasteiger partial charge on any atom is -0.463 e. The number of methoxy groups -OCH3 is 1. The third kappa shape index (κ3) is 4.14. The molecule has 3 aromatic rings. The van der Waals surface area contributed by atoms with Crippen LogP contribution in [-0.4, -0.2) is 33.7 Å². The van der Waals surface area contributed by atoms with Crippen LogP contribution in [0.15, 0.2) is 45.7 Å². The molecule has 0 aliphatic carbocycles. The zero-order valence-electron chi connectivity index (χ0n) is 19.1. The van der Waals surface area contributed by atoms with Crippen molar-refractivity contribution < 1.29 is 23.5 Å². The van der Waals surface area contributed by atoms with Crippen LogP contribution in [0.3, 0.4) is 0 Å². The third-order valence-corrected chi connectivity index (χ3v) is 6.56. The number of para-hydroxylation sites is 1. The normalized spacial score (nSPS) is 15.1. The Kier molecular flexibility index (Phi) is 6.03. The van der Waals surface area contributed by atoms with Crippen LogP contribution in [0, 0.1) is 27.7 Å². The largest absolute Gasteiger partial charge is 0.463 e. The number of ether oxygens (including phenoxy) is 1. The predicted octanol–water partition coefficient (Wildman–Crippen LogP) is 5.33. The third-order valence-electron chi connectivity index (χ3n) is 5.66. The molecule has 1 aliphatic rings. The van der Waals surface area contributed by atoms with Crippen molar-refractivity contribution in [2.24, 2.45) is 0 Å². The van der Waals surface area contributed by atoms with Crippen LogP contribution < -0.4 is 0 Å². The number of benzene rings is 1. The number of aromatic nitrogens is 1. The number of rotatable bonds is 5. The van der Waals surface area contributed by atoms with Crippen molar-refractivity contribution in [3.8, 4) is 5.69 Å². The molecule has 2 aromatic heterocycles. The lowest BCUT2D eigenvalue weighted by molar-refractivity contribution is -0.123. The van der Waals surface area contributed by atoms with Gasteiger partial charge in [0.1, 0.15) is 5.76 Å². The first-order valence-corrected chi connectivity index (χ1v) is 11.2. The first-order chi connectivity index (χ1) is 15.7. The van der Waals surface area contributed by atoms with E-state index in [1.807, 2.05) is 26.0 Å². The van der Waals surface area contributed by atoms with Gasteiger partial charge < -0.3 is 13.7 Å². The zero-order chi connectivity index (χ0) is 23.9. The summed E-state index contributed by atoms with van der Waals surface area (Å²) in [5.74, 6) is -0.659. The van der Waals surface area contributed by atoms with Gasteiger partial charge in [-0.1, -0.05) is 18.2 Å². The molecule has 3 heterocycles. The average Bonchev–Trinajstić information content (AvgIpc) is 3.42. The Hall–Kier alpha value is -3.52. The SMILES string of the molecule is COC(=O)c1ccc(CN2C(=O)S/C(=C/c3cc(C)n(-c4c(C)cccc4C)c3C)C2=O)o1. The number of nitrogens with zero attached hydrogens (tertiary/aromatic N) is 2. The van der Waals surface area contributed by atoms with Gasteiger partial charge in [-0.25, -0.2) is 4.79 Å². The molecule has 1 fully saturated rings. The van der Waals surface area contributed by atoms with E-state index in [1.54, 1.807) is 12.1 Å². The van der Waals surface area contributed by atoms with Gasteiger partial charge in [0, 0.05) is 11.4 Å². The summed E-state index contributed by atoms with van der Waals surface area (Å²) < 4.78 is 12.2. The van der Waals surface area contributed by atoms with E-state index in [4.69, 9.17) is 4.42 Å². The fourth-order valence-electron chi connectivity index (χ4n) is 4.04. The van der Waals surface area contributed by atoms with Crippen LogP contribution in [0.2, 0.25) is 0 Å². The molecule has 0 bridgehead atoms. The lowest BCUT2D eigenvalue weighted by Crippen LogP contribution is -2.27. The Bertz CT molecular complexity index is 1290. The van der Waals surface area contributed by atoms with Crippen molar-refractivity contribution in [3.63, 3.8) is 0 Å². The molecule has 1 saturated heterocycles. The van der Waals surface area contributed by atoms with Gasteiger partial charge in [-0.15, -0.1) is 0 Å². The molecule has 0 radical (unpaired) electrons. The molecule has 7 nitrogen and oxygen atoms in total. The van der Waals surface area contributed by atoms with Crippen molar-refractivity contribution >= 4 is 35.0 Å². The number of imide groups is 1. The highest BCUT2D eigenvalue weighted by atomic mass is 32.2. The van der Waals surface area contributed by atoms with Crippen molar-refractivity contribution in [3.05, 3.63) is 80.9 Å². The van der Waals surface area contributed by atoms with E-state index in [0.29, 0.717) is 10.7 Å². The van der Waals surface area contributed by atoms with Gasteiger partial charge in [0.05, 0.1) is 24.2 Å². The summed E-state index contributed by atoms with van der Waals surface area (Å²) in [4.78, 5) is 38.6. The van der Waals surface area contributed by atoms with Gasteiger partial charge in [-0.05, 0) is 80.4 Å². The molecular formula is C25H24N2O5S. The second kappa shape index (κ2) is 8.78. The summed E-state index contributed by atoms with van der Waals surface area (Å²) in [7, 11) is 1.25. The molecule has 1 aromatic carbocycles. The highest BCUT2D eigenvalue weighted by Gasteiger charge is 2.36. The average molecular weight is 465 g/mol. The lowest BCUT2D eigenvalue weighted by atomic mass is 10.1. The smallest absolute Gasteiger partial charge is 0.373 e. The highest BCUT2D eigenvalue weighted by Crippen LogP contribution is 2.35. The molecule has 0 atom stereocenters. The molecular weight excluding hydrogens is 440 g/mol. The first-order valence-electron chi connectivity index (χ1n) is 10.4. The van der Waals surface area contributed by atoms with E-state index in [2.05, 4.69) is 35.3 Å². The van der Waals surface area contributed by atoms with Crippen LogP contribution >= 0.6 is 11.8 Å². The maximum absolute atomic E-state index is 13.0. The van der Waals surface area contributed by atoms with Crippen molar-refractivity contribution in [2.45, 2.75) is 34.2 Å². The van der Waals surface area contributed by atoms with Crippen LogP contribution in [0.25, 0.3) is 11.8 Å². The fourth-order valence-corrected chi connectivity index (χ4v) is 4.87. The van der Waals surface area contributed by atoms with Gasteiger partial charge in [0.15, 0.2) is 0 Å². The number of carbonyl (C=O) groups excluding carboxylic acids is 3. The summed E-state index contributed by atoms with van der Waals surface area (Å²) in [6, 6.07) is 11.2. The Morgan fingerprint density at radius 3 is 2.45 bits per heavy atom. The molecule has 0 N–H and O–H groups in total. The van der Waals surface area contributed by atoms with Crippen LogP contribution in [0.1, 0.15) is 44.4 Å². The van der Waals surface area contributed by atoms with Gasteiger partial charge in [-0.2, -0.15) is 0 Å². The number of hydrogen-bond donors (Lipinski definition) is 0. The number of aryl methyl sites for hydroxylation is 3. The highest BCUT2D eigenvalue weighted by molar-refractivity contribution is 8.18. The molecule has 170 valence electrons. The summed E-state index contributed by atoms with van der Waals surface area (Å²) in [5, 5.41) is -0.383. The summed E-state index contributed by atoms with van der Waals surface area (Å²) in [5.41, 5.74) is 6.36. The van der Waals surface area contributed by atoms with Crippen LogP contribution in [-0.2, 0) is 16.1 Å². The van der Waals surface area contributed by atoms with Crippen molar-refractivity contribution in [2.75, 3.05) is 7.11 Å². The van der Waals surface area contributed by atoms with E-state index in [0.717, 1.165) is 50.4 Å². The molecule has 0 saturated carbocycles. The Morgan fingerprint density at radius 1 is 1.09 bits per heavy atom. The monoisotopic (exact) mass is 464 g/mol. The van der Waals surface area contributed by atoms with E-state index in [-0.39, 0.29) is 17.5 Å². The van der Waals surface area contributed by atoms with Gasteiger partial charge >= 0.3 is 5.97 Å². The summed E-state index contributed by atoms with van der Waals surface area (Å²) >= 11 is 0.895. The van der Waals surface area contributed by atoms with E-state index >= 15 is 0 Å². The summed E-state index contributed by atoms with van der Waals surface area (Å²) in [6.45, 7) is 8.13. The van der Waals surface area contributed by atoms with E-state index in [9.17, 15) is 14.4 Å². The molecule has 1 aliphatic heterocycles. The molecule has 33 heavy (non-hydrogen) atoms. The minimum atomic E-state index is -0.616. The van der Waals surface area contributed by atoms with Crippen LogP contribution in [0.5, 0.6) is 0 Å². The number of carbonyl (C=O) groups is 3. The minimum absolute atomic E-state index is 0.0222. The number of amides is 2. The van der Waals surface area contributed by atoms with E-state index in [1.165, 1.54) is 13.2 Å². The molecule has 0 unspecified atom stereocenters. The van der Waals surface area contributed by atoms with Crippen molar-refractivity contribution in [1.82, 2.24) is 9.47 Å². The van der Waals surface area contributed by atoms with Crippen molar-refractivity contribution in [1.29, 1.82) is 0 Å². The van der Waals surface area contributed by atoms with Gasteiger partial charge in [0.2, 0.25) is 5.76 Å². The molecule has 2 amide bonds. The predicted molar refractivity (Wildman–Crippen MR) is 126 cm³/mol. The molecule has 0 spiro atoms. The quantitative estimate of drug-likeness (QED) is 0.375. The summed E-state index contributed by atoms with van der Waals surface area (Å²) in [6.07, 6.45) is 1.76. The second-order valence-electron chi connectivity index (χ2n) is 7.93. The molecule has 4 rings (SSSR count). The number of hydrogen-bond acceptors (Lipinski definition) is 6. The zero-order valence-corrected chi connectivity index (χ0v) is 19.9. The first kappa shape index (κ1) is 22.7. The van der Waals surface area contributed by atoms with E-state index < -0.39 is 11.9 Å². The van der Waals surface area contributed by atoms with Gasteiger partial charge in [0.25, 0.3) is 11.1 Å². The number of furan rings is 1. The Morgan fingerprint density at radius 2 is 1.79 bits per heavy atom. The fraction of sp³-hybridized carbons (Fsp3) is 0.240. The maximum atomic E-state index is 13.0. The Labute approximate surface area is 196 Å². The topological polar surface area (TPSA) is 81.8 Å². The van der Waals surface area contributed by atoms with Crippen LogP contribution in [0.4, 0.5) is 4.79 Å². The number of thioether (sulfide) groups is 1. The lowest BCUT2D eigenvalue weighted by Gasteiger charge is -2.15. The number of esters is 1. The maximum Gasteiger partial charge on any atom is 0.373 e. The Balaban J connectivity index is 1.62. The second-order valence-corrected chi connectivity index (χ2v) is 8.92. The van der Waals surface area contributed by atoms with Gasteiger partial charge in [-0.3, -0.25) is 14.5 Å².